The summed E-state index contributed by atoms with van der Waals surface area (Å²) in [7, 11) is -1.37. The van der Waals surface area contributed by atoms with Crippen molar-refractivity contribution in [2.75, 3.05) is 0 Å². The minimum atomic E-state index is -1.37. The van der Waals surface area contributed by atoms with E-state index in [4.69, 9.17) is 9.42 Å². The van der Waals surface area contributed by atoms with E-state index < -0.39 is 8.00 Å². The highest BCUT2D eigenvalue weighted by molar-refractivity contribution is 7.44. The highest BCUT2D eigenvalue weighted by Crippen LogP contribution is 2.27. The van der Waals surface area contributed by atoms with E-state index in [0.717, 1.165) is 12.8 Å². The van der Waals surface area contributed by atoms with Crippen LogP contribution in [0.1, 0.15) is 32.1 Å². The monoisotopic (exact) mass is 161 g/mol. The molecule has 1 atom stereocenters. The Morgan fingerprint density at radius 3 is 2.40 bits per heavy atom. The quantitative estimate of drug-likeness (QED) is 0.628. The Morgan fingerprint density at radius 1 is 1.30 bits per heavy atom. The lowest BCUT2D eigenvalue weighted by atomic mass is 9.98. The second-order valence-corrected chi connectivity index (χ2v) is 3.63. The van der Waals surface area contributed by atoms with E-state index >= 15 is 0 Å². The molecule has 1 saturated carbocycles. The van der Waals surface area contributed by atoms with Gasteiger partial charge in [0, 0.05) is 0 Å². The molecular formula is C7H14O2P+. The van der Waals surface area contributed by atoms with Crippen LogP contribution in [-0.2, 0) is 4.52 Å². The van der Waals surface area contributed by atoms with Gasteiger partial charge in [-0.3, -0.25) is 0 Å². The predicted octanol–water partition coefficient (Wildman–Crippen LogP) is 2.07. The summed E-state index contributed by atoms with van der Waals surface area (Å²) in [6.45, 7) is 0. The van der Waals surface area contributed by atoms with Gasteiger partial charge in [-0.15, -0.1) is 4.52 Å². The summed E-state index contributed by atoms with van der Waals surface area (Å²) >= 11 is 0. The second kappa shape index (κ2) is 4.07. The number of hydrogen-bond donors (Lipinski definition) is 1. The summed E-state index contributed by atoms with van der Waals surface area (Å²) in [5, 5.41) is 0. The SMILES string of the molecule is C=[P+](O)OC1CCCCC1. The van der Waals surface area contributed by atoms with Crippen molar-refractivity contribution in [3.05, 3.63) is 0 Å². The van der Waals surface area contributed by atoms with Crippen molar-refractivity contribution >= 4 is 14.3 Å². The van der Waals surface area contributed by atoms with E-state index in [1.54, 1.807) is 0 Å². The van der Waals surface area contributed by atoms with Crippen molar-refractivity contribution in [3.8, 4) is 0 Å². The Bertz CT molecular complexity index is 119. The van der Waals surface area contributed by atoms with Gasteiger partial charge in [0.05, 0.1) is 0 Å². The summed E-state index contributed by atoms with van der Waals surface area (Å²) in [4.78, 5) is 8.84. The Hall–Kier alpha value is 0.0900. The lowest BCUT2D eigenvalue weighted by Crippen LogP contribution is -2.12. The smallest absolute Gasteiger partial charge is 0.168 e. The van der Waals surface area contributed by atoms with Gasteiger partial charge in [0.1, 0.15) is 12.4 Å². The van der Waals surface area contributed by atoms with Crippen molar-refractivity contribution in [2.45, 2.75) is 38.2 Å². The van der Waals surface area contributed by atoms with E-state index in [-0.39, 0.29) is 0 Å². The molecular weight excluding hydrogens is 147 g/mol. The number of hydrogen-bond acceptors (Lipinski definition) is 2. The molecule has 1 N–H and O–H groups in total. The molecule has 0 aromatic rings. The van der Waals surface area contributed by atoms with E-state index in [1.807, 2.05) is 0 Å². The third-order valence-corrected chi connectivity index (χ3v) is 2.36. The topological polar surface area (TPSA) is 29.5 Å². The van der Waals surface area contributed by atoms with Crippen LogP contribution in [0, 0.1) is 0 Å². The first-order valence-corrected chi connectivity index (χ1v) is 5.15. The third-order valence-electron chi connectivity index (χ3n) is 1.82. The van der Waals surface area contributed by atoms with Gasteiger partial charge < -0.3 is 0 Å². The van der Waals surface area contributed by atoms with Crippen molar-refractivity contribution < 1.29 is 9.42 Å². The Balaban J connectivity index is 2.19. The average molecular weight is 161 g/mol. The van der Waals surface area contributed by atoms with E-state index in [9.17, 15) is 0 Å². The van der Waals surface area contributed by atoms with Gasteiger partial charge in [-0.25, -0.2) is 0 Å². The lowest BCUT2D eigenvalue weighted by molar-refractivity contribution is 0.163. The van der Waals surface area contributed by atoms with Crippen molar-refractivity contribution in [2.24, 2.45) is 0 Å². The van der Waals surface area contributed by atoms with Gasteiger partial charge in [0.15, 0.2) is 0 Å². The van der Waals surface area contributed by atoms with E-state index in [2.05, 4.69) is 6.30 Å². The number of rotatable bonds is 2. The molecule has 0 aromatic carbocycles. The largest absolute Gasteiger partial charge is 0.420 e. The van der Waals surface area contributed by atoms with Crippen LogP contribution < -0.4 is 0 Å². The van der Waals surface area contributed by atoms with Crippen molar-refractivity contribution in [1.82, 2.24) is 0 Å². The summed E-state index contributed by atoms with van der Waals surface area (Å²) in [5.74, 6) is 0. The fraction of sp³-hybridized carbons (Fsp3) is 0.857. The molecule has 2 nitrogen and oxygen atoms in total. The van der Waals surface area contributed by atoms with Gasteiger partial charge in [0.2, 0.25) is 0 Å². The first-order valence-electron chi connectivity index (χ1n) is 3.75. The lowest BCUT2D eigenvalue weighted by Gasteiger charge is -2.15. The van der Waals surface area contributed by atoms with E-state index in [1.165, 1.54) is 19.3 Å². The standard InChI is InChI=1S/C7H14O2P/c1-10(8)9-7-5-3-2-4-6-7/h7-8H,1-6H2/q+1. The second-order valence-electron chi connectivity index (χ2n) is 2.72. The van der Waals surface area contributed by atoms with E-state index in [0.29, 0.717) is 6.10 Å². The Morgan fingerprint density at radius 2 is 1.90 bits per heavy atom. The van der Waals surface area contributed by atoms with Crippen LogP contribution in [0.2, 0.25) is 0 Å². The summed E-state index contributed by atoms with van der Waals surface area (Å²) < 4.78 is 5.20. The maximum atomic E-state index is 8.84. The molecule has 3 heteroatoms. The highest BCUT2D eigenvalue weighted by atomic mass is 31.1. The molecule has 1 aliphatic rings. The first-order chi connectivity index (χ1) is 4.79. The highest BCUT2D eigenvalue weighted by Gasteiger charge is 2.19. The molecule has 0 bridgehead atoms. The molecule has 0 spiro atoms. The van der Waals surface area contributed by atoms with Gasteiger partial charge in [-0.05, 0) is 12.8 Å². The normalized spacial score (nSPS) is 22.7. The van der Waals surface area contributed by atoms with Crippen LogP contribution in [0.5, 0.6) is 0 Å². The van der Waals surface area contributed by atoms with Crippen LogP contribution in [0.15, 0.2) is 0 Å². The van der Waals surface area contributed by atoms with Gasteiger partial charge in [-0.1, -0.05) is 19.3 Å². The first kappa shape index (κ1) is 8.19. The van der Waals surface area contributed by atoms with Gasteiger partial charge in [-0.2, -0.15) is 4.89 Å². The van der Waals surface area contributed by atoms with Gasteiger partial charge in [0.25, 0.3) is 0 Å². The minimum absolute atomic E-state index is 0.294. The molecule has 58 valence electrons. The molecule has 10 heavy (non-hydrogen) atoms. The molecule has 1 rings (SSSR count). The average Bonchev–Trinajstić information content (AvgIpc) is 1.88. The maximum Gasteiger partial charge on any atom is 0.420 e. The molecule has 0 radical (unpaired) electrons. The predicted molar refractivity (Wildman–Crippen MR) is 44.2 cm³/mol. The summed E-state index contributed by atoms with van der Waals surface area (Å²) in [5.41, 5.74) is 0. The molecule has 0 saturated heterocycles. The Labute approximate surface area is 62.8 Å². The molecule has 1 aliphatic carbocycles. The summed E-state index contributed by atoms with van der Waals surface area (Å²) in [6, 6.07) is 0. The summed E-state index contributed by atoms with van der Waals surface area (Å²) in [6.07, 6.45) is 9.74. The fourth-order valence-corrected chi connectivity index (χ4v) is 1.90. The zero-order valence-corrected chi connectivity index (χ0v) is 7.02. The van der Waals surface area contributed by atoms with Crippen molar-refractivity contribution in [3.63, 3.8) is 0 Å². The molecule has 0 heterocycles. The van der Waals surface area contributed by atoms with Crippen LogP contribution in [-0.4, -0.2) is 17.3 Å². The van der Waals surface area contributed by atoms with Gasteiger partial charge >= 0.3 is 8.00 Å². The zero-order chi connectivity index (χ0) is 7.40. The minimum Gasteiger partial charge on any atom is -0.168 e. The van der Waals surface area contributed by atoms with Crippen LogP contribution in [0.4, 0.5) is 0 Å². The van der Waals surface area contributed by atoms with Crippen LogP contribution in [0.25, 0.3) is 0 Å². The van der Waals surface area contributed by atoms with Crippen LogP contribution in [0.3, 0.4) is 0 Å². The molecule has 0 aromatic heterocycles. The molecule has 0 aliphatic heterocycles. The fourth-order valence-electron chi connectivity index (χ4n) is 1.34. The molecule has 1 fully saturated rings. The Kier molecular flexibility index (Phi) is 3.33. The molecule has 1 unspecified atom stereocenters. The molecule has 0 amide bonds. The van der Waals surface area contributed by atoms with Crippen molar-refractivity contribution in [1.29, 1.82) is 0 Å². The van der Waals surface area contributed by atoms with Crippen LogP contribution >= 0.6 is 8.00 Å². The third kappa shape index (κ3) is 2.78. The zero-order valence-electron chi connectivity index (χ0n) is 6.12. The maximum absolute atomic E-state index is 8.84.